The summed E-state index contributed by atoms with van der Waals surface area (Å²) in [5, 5.41) is 6.44. The van der Waals surface area contributed by atoms with Gasteiger partial charge in [-0.2, -0.15) is 0 Å². The molecule has 130 valence electrons. The fourth-order valence-electron chi connectivity index (χ4n) is 2.74. The molecule has 2 rings (SSSR count). The number of piperidine rings is 1. The third kappa shape index (κ3) is 7.23. The van der Waals surface area contributed by atoms with Crippen LogP contribution in [-0.2, 0) is 4.79 Å². The van der Waals surface area contributed by atoms with Gasteiger partial charge in [0.2, 0.25) is 5.91 Å². The van der Waals surface area contributed by atoms with E-state index in [4.69, 9.17) is 4.74 Å². The Balaban J connectivity index is 0.00000264. The number of carbonyl (C=O) groups is 1. The van der Waals surface area contributed by atoms with Gasteiger partial charge in [-0.25, -0.2) is 0 Å². The van der Waals surface area contributed by atoms with Gasteiger partial charge in [0.15, 0.2) is 0 Å². The van der Waals surface area contributed by atoms with E-state index in [9.17, 15) is 4.79 Å². The van der Waals surface area contributed by atoms with Crippen molar-refractivity contribution in [1.29, 1.82) is 0 Å². The van der Waals surface area contributed by atoms with Gasteiger partial charge in [0.05, 0.1) is 6.61 Å². The third-order valence-electron chi connectivity index (χ3n) is 4.33. The highest BCUT2D eigenvalue weighted by atomic mass is 35.5. The molecule has 0 aliphatic carbocycles. The Morgan fingerprint density at radius 1 is 1.35 bits per heavy atom. The fourth-order valence-corrected chi connectivity index (χ4v) is 2.74. The van der Waals surface area contributed by atoms with Crippen LogP contribution in [0.2, 0.25) is 0 Å². The van der Waals surface area contributed by atoms with Crippen molar-refractivity contribution in [2.75, 3.05) is 26.2 Å². The molecule has 0 spiro atoms. The Morgan fingerprint density at radius 3 is 2.78 bits per heavy atom. The van der Waals surface area contributed by atoms with Gasteiger partial charge >= 0.3 is 0 Å². The van der Waals surface area contributed by atoms with Crippen LogP contribution in [0.25, 0.3) is 0 Å². The van der Waals surface area contributed by atoms with Gasteiger partial charge in [-0.1, -0.05) is 19.1 Å². The number of halogens is 1. The highest BCUT2D eigenvalue weighted by Gasteiger charge is 2.26. The average Bonchev–Trinajstić information content (AvgIpc) is 2.51. The molecule has 1 heterocycles. The van der Waals surface area contributed by atoms with E-state index in [1.807, 2.05) is 31.2 Å². The fraction of sp³-hybridized carbons (Fsp3) is 0.611. The van der Waals surface area contributed by atoms with Crippen molar-refractivity contribution in [1.82, 2.24) is 10.6 Å². The van der Waals surface area contributed by atoms with Gasteiger partial charge in [0.1, 0.15) is 5.75 Å². The van der Waals surface area contributed by atoms with Crippen LogP contribution in [0.5, 0.6) is 5.75 Å². The average molecular weight is 341 g/mol. The maximum atomic E-state index is 11.9. The molecule has 1 aliphatic heterocycles. The lowest BCUT2D eigenvalue weighted by Gasteiger charge is -2.34. The number of aryl methyl sites for hydroxylation is 1. The van der Waals surface area contributed by atoms with E-state index < -0.39 is 0 Å². The molecule has 1 aliphatic rings. The first-order valence-electron chi connectivity index (χ1n) is 8.24. The smallest absolute Gasteiger partial charge is 0.220 e. The molecule has 1 amide bonds. The molecule has 0 aromatic heterocycles. The first-order chi connectivity index (χ1) is 10.6. The molecule has 0 saturated carbocycles. The van der Waals surface area contributed by atoms with E-state index in [1.165, 1.54) is 5.56 Å². The maximum absolute atomic E-state index is 11.9. The molecular weight excluding hydrogens is 312 g/mol. The third-order valence-corrected chi connectivity index (χ3v) is 4.33. The van der Waals surface area contributed by atoms with E-state index in [0.29, 0.717) is 13.0 Å². The summed E-state index contributed by atoms with van der Waals surface area (Å²) in [5.74, 6) is 1.01. The van der Waals surface area contributed by atoms with Crippen LogP contribution >= 0.6 is 12.4 Å². The SMILES string of the molecule is Cc1cccc(OCCCC(=O)NCC2(C)CCNCC2)c1.Cl. The van der Waals surface area contributed by atoms with Crippen LogP contribution < -0.4 is 15.4 Å². The number of hydrogen-bond donors (Lipinski definition) is 2. The summed E-state index contributed by atoms with van der Waals surface area (Å²) in [7, 11) is 0. The standard InChI is InChI=1S/C18H28N2O2.ClH/c1-15-5-3-6-16(13-15)22-12-4-7-17(21)20-14-18(2)8-10-19-11-9-18;/h3,5-6,13,19H,4,7-12,14H2,1-2H3,(H,20,21);1H. The minimum atomic E-state index is 0. The van der Waals surface area contributed by atoms with Gasteiger partial charge in [-0.3, -0.25) is 4.79 Å². The Hall–Kier alpha value is -1.26. The van der Waals surface area contributed by atoms with Gasteiger partial charge in [0, 0.05) is 13.0 Å². The largest absolute Gasteiger partial charge is 0.494 e. The molecule has 0 radical (unpaired) electrons. The maximum Gasteiger partial charge on any atom is 0.220 e. The van der Waals surface area contributed by atoms with Crippen molar-refractivity contribution in [2.24, 2.45) is 5.41 Å². The predicted molar refractivity (Wildman–Crippen MR) is 96.4 cm³/mol. The number of ether oxygens (including phenoxy) is 1. The van der Waals surface area contributed by atoms with Crippen LogP contribution in [0.1, 0.15) is 38.2 Å². The number of rotatable bonds is 7. The van der Waals surface area contributed by atoms with Crippen LogP contribution in [-0.4, -0.2) is 32.1 Å². The number of amides is 1. The predicted octanol–water partition coefficient (Wildman–Crippen LogP) is 3.08. The molecular formula is C18H29ClN2O2. The lowest BCUT2D eigenvalue weighted by Crippen LogP contribution is -2.42. The van der Waals surface area contributed by atoms with Gasteiger partial charge < -0.3 is 15.4 Å². The van der Waals surface area contributed by atoms with Crippen molar-refractivity contribution in [3.05, 3.63) is 29.8 Å². The van der Waals surface area contributed by atoms with E-state index in [2.05, 4.69) is 17.6 Å². The zero-order valence-electron chi connectivity index (χ0n) is 14.2. The van der Waals surface area contributed by atoms with Gasteiger partial charge in [-0.15, -0.1) is 12.4 Å². The Labute approximate surface area is 145 Å². The topological polar surface area (TPSA) is 50.4 Å². The Bertz CT molecular complexity index is 488. The van der Waals surface area contributed by atoms with Crippen LogP contribution in [0.15, 0.2) is 24.3 Å². The van der Waals surface area contributed by atoms with Gasteiger partial charge in [0.25, 0.3) is 0 Å². The second kappa shape index (κ2) is 9.78. The highest BCUT2D eigenvalue weighted by molar-refractivity contribution is 5.85. The monoisotopic (exact) mass is 340 g/mol. The lowest BCUT2D eigenvalue weighted by molar-refractivity contribution is -0.121. The summed E-state index contributed by atoms with van der Waals surface area (Å²) >= 11 is 0. The minimum absolute atomic E-state index is 0. The molecule has 4 nitrogen and oxygen atoms in total. The Kier molecular flexibility index (Phi) is 8.42. The summed E-state index contributed by atoms with van der Waals surface area (Å²) in [6, 6.07) is 7.99. The molecule has 0 bridgehead atoms. The van der Waals surface area contributed by atoms with Crippen molar-refractivity contribution in [3.8, 4) is 5.75 Å². The van der Waals surface area contributed by atoms with Crippen molar-refractivity contribution >= 4 is 18.3 Å². The van der Waals surface area contributed by atoms with Crippen molar-refractivity contribution in [2.45, 2.75) is 39.5 Å². The molecule has 1 aromatic rings. The van der Waals surface area contributed by atoms with Crippen LogP contribution in [0, 0.1) is 12.3 Å². The normalized spacial score (nSPS) is 16.3. The summed E-state index contributed by atoms with van der Waals surface area (Å²) in [6.45, 7) is 7.77. The van der Waals surface area contributed by atoms with Gasteiger partial charge in [-0.05, 0) is 62.4 Å². The van der Waals surface area contributed by atoms with Crippen LogP contribution in [0.3, 0.4) is 0 Å². The zero-order valence-corrected chi connectivity index (χ0v) is 15.0. The first kappa shape index (κ1) is 19.8. The molecule has 0 unspecified atom stereocenters. The number of carbonyl (C=O) groups excluding carboxylic acids is 1. The van der Waals surface area contributed by atoms with E-state index in [1.54, 1.807) is 0 Å². The second-order valence-corrected chi connectivity index (χ2v) is 6.61. The molecule has 0 atom stereocenters. The number of nitrogens with one attached hydrogen (secondary N) is 2. The molecule has 2 N–H and O–H groups in total. The van der Waals surface area contributed by atoms with E-state index in [-0.39, 0.29) is 23.7 Å². The van der Waals surface area contributed by atoms with Crippen molar-refractivity contribution in [3.63, 3.8) is 0 Å². The van der Waals surface area contributed by atoms with Crippen molar-refractivity contribution < 1.29 is 9.53 Å². The summed E-state index contributed by atoms with van der Waals surface area (Å²) in [5.41, 5.74) is 1.43. The molecule has 23 heavy (non-hydrogen) atoms. The minimum Gasteiger partial charge on any atom is -0.494 e. The summed E-state index contributed by atoms with van der Waals surface area (Å²) < 4.78 is 5.66. The number of hydrogen-bond acceptors (Lipinski definition) is 3. The van der Waals surface area contributed by atoms with E-state index in [0.717, 1.165) is 44.6 Å². The lowest BCUT2D eigenvalue weighted by atomic mass is 9.81. The second-order valence-electron chi connectivity index (χ2n) is 6.61. The zero-order chi connectivity index (χ0) is 15.8. The van der Waals surface area contributed by atoms with Crippen LogP contribution in [0.4, 0.5) is 0 Å². The first-order valence-corrected chi connectivity index (χ1v) is 8.24. The molecule has 5 heteroatoms. The molecule has 1 aromatic carbocycles. The molecule has 1 fully saturated rings. The quantitative estimate of drug-likeness (QED) is 0.750. The summed E-state index contributed by atoms with van der Waals surface area (Å²) in [4.78, 5) is 11.9. The number of benzene rings is 1. The molecule has 1 saturated heterocycles. The highest BCUT2D eigenvalue weighted by Crippen LogP contribution is 2.26. The summed E-state index contributed by atoms with van der Waals surface area (Å²) in [6.07, 6.45) is 3.53. The van der Waals surface area contributed by atoms with E-state index >= 15 is 0 Å². The Morgan fingerprint density at radius 2 is 2.09 bits per heavy atom.